The van der Waals surface area contributed by atoms with Crippen molar-refractivity contribution in [3.8, 4) is 28.1 Å². The Hall–Kier alpha value is -5.81. The molecule has 208 valence electrons. The van der Waals surface area contributed by atoms with E-state index < -0.39 is 0 Å². The second kappa shape index (κ2) is 9.61. The molecule has 8 aromatic rings. The molecule has 0 aliphatic carbocycles. The van der Waals surface area contributed by atoms with Gasteiger partial charge in [0.2, 0.25) is 0 Å². The van der Waals surface area contributed by atoms with E-state index in [-0.39, 0.29) is 0 Å². The molecule has 0 bridgehead atoms. The Morgan fingerprint density at radius 3 is 2.11 bits per heavy atom. The minimum absolute atomic E-state index is 0.849. The molecule has 0 fully saturated rings. The van der Waals surface area contributed by atoms with Gasteiger partial charge in [-0.05, 0) is 59.7 Å². The number of fused-ring (bicyclic) bond motifs is 5. The van der Waals surface area contributed by atoms with Crippen molar-refractivity contribution in [1.29, 1.82) is 0 Å². The first-order valence-electron chi connectivity index (χ1n) is 15.0. The highest BCUT2D eigenvalue weighted by molar-refractivity contribution is 6.05. The van der Waals surface area contributed by atoms with Gasteiger partial charge in [0.15, 0.2) is 0 Å². The second-order valence-corrected chi connectivity index (χ2v) is 11.2. The molecule has 0 spiro atoms. The van der Waals surface area contributed by atoms with Gasteiger partial charge in [-0.15, -0.1) is 0 Å². The lowest BCUT2D eigenvalue weighted by Gasteiger charge is -2.33. The molecule has 0 saturated heterocycles. The van der Waals surface area contributed by atoms with Crippen LogP contribution in [0.1, 0.15) is 12.7 Å². The van der Waals surface area contributed by atoms with Crippen LogP contribution >= 0.6 is 0 Å². The highest BCUT2D eigenvalue weighted by Gasteiger charge is 2.29. The highest BCUT2D eigenvalue weighted by atomic mass is 15.2. The zero-order valence-electron chi connectivity index (χ0n) is 24.1. The third kappa shape index (κ3) is 3.69. The van der Waals surface area contributed by atoms with Gasteiger partial charge in [-0.25, -0.2) is 9.97 Å². The number of para-hydroxylation sites is 3. The van der Waals surface area contributed by atoms with Crippen LogP contribution < -0.4 is 4.90 Å². The van der Waals surface area contributed by atoms with Crippen LogP contribution in [0.3, 0.4) is 0 Å². The number of pyridine rings is 2. The smallest absolute Gasteiger partial charge is 0.114 e. The molecule has 0 amide bonds. The first kappa shape index (κ1) is 24.8. The van der Waals surface area contributed by atoms with E-state index in [1.165, 1.54) is 0 Å². The van der Waals surface area contributed by atoms with Crippen molar-refractivity contribution in [2.24, 2.45) is 0 Å². The maximum absolute atomic E-state index is 5.16. The molecule has 0 saturated carbocycles. The summed E-state index contributed by atoms with van der Waals surface area (Å²) in [6, 6.07) is 45.0. The lowest BCUT2D eigenvalue weighted by Crippen LogP contribution is -2.19. The number of rotatable bonds is 4. The van der Waals surface area contributed by atoms with E-state index in [1.807, 2.05) is 12.3 Å². The predicted molar refractivity (Wildman–Crippen MR) is 180 cm³/mol. The molecule has 1 aliphatic heterocycles. The maximum atomic E-state index is 5.16. The van der Waals surface area contributed by atoms with E-state index in [2.05, 4.69) is 143 Å². The number of hydrogen-bond acceptors (Lipinski definition) is 4. The van der Waals surface area contributed by atoms with E-state index in [1.54, 1.807) is 0 Å². The molecule has 0 unspecified atom stereocenters. The number of hydrogen-bond donors (Lipinski definition) is 0. The molecule has 9 rings (SSSR count). The van der Waals surface area contributed by atoms with Gasteiger partial charge in [-0.2, -0.15) is 0 Å². The van der Waals surface area contributed by atoms with Crippen molar-refractivity contribution in [2.75, 3.05) is 4.90 Å². The largest absolute Gasteiger partial charge is 0.306 e. The fourth-order valence-corrected chi connectivity index (χ4v) is 6.62. The fraction of sp³-hybridized carbons (Fsp3) is 0.0513. The summed E-state index contributed by atoms with van der Waals surface area (Å²) in [7, 11) is 0. The molecular formula is C39H27N5. The summed E-state index contributed by atoms with van der Waals surface area (Å²) in [5, 5.41) is 2.19. The minimum Gasteiger partial charge on any atom is -0.306 e. The molecule has 1 aliphatic rings. The standard InChI is InChI=1S/C39H27N5/c1-2-36-41-32-23-29(24-35-39(32)44(36)34-13-7-6-12-33(34)43(35)30-10-4-3-5-11-30)25-14-16-26(17-15-25)31-21-20-28-19-18-27-9-8-22-40-37(27)38(28)42-31/h3-24H,2H2,1H3. The summed E-state index contributed by atoms with van der Waals surface area (Å²) >= 11 is 0. The number of anilines is 3. The molecule has 4 heterocycles. The Morgan fingerprint density at radius 2 is 1.30 bits per heavy atom. The van der Waals surface area contributed by atoms with Gasteiger partial charge >= 0.3 is 0 Å². The normalized spacial score (nSPS) is 12.2. The van der Waals surface area contributed by atoms with Gasteiger partial charge in [0, 0.05) is 34.6 Å². The van der Waals surface area contributed by atoms with Gasteiger partial charge in [-0.1, -0.05) is 85.8 Å². The molecule has 44 heavy (non-hydrogen) atoms. The van der Waals surface area contributed by atoms with E-state index in [4.69, 9.17) is 9.97 Å². The average Bonchev–Trinajstić information content (AvgIpc) is 3.48. The minimum atomic E-state index is 0.849. The highest BCUT2D eigenvalue weighted by Crippen LogP contribution is 2.48. The van der Waals surface area contributed by atoms with E-state index in [0.29, 0.717) is 0 Å². The summed E-state index contributed by atoms with van der Waals surface area (Å²) in [5.74, 6) is 1.07. The van der Waals surface area contributed by atoms with Crippen molar-refractivity contribution in [1.82, 2.24) is 19.5 Å². The predicted octanol–water partition coefficient (Wildman–Crippen LogP) is 9.80. The zero-order valence-corrected chi connectivity index (χ0v) is 24.1. The van der Waals surface area contributed by atoms with Crippen molar-refractivity contribution in [3.05, 3.63) is 139 Å². The Bertz CT molecular complexity index is 2370. The molecule has 5 nitrogen and oxygen atoms in total. The van der Waals surface area contributed by atoms with Gasteiger partial charge < -0.3 is 4.90 Å². The molecule has 0 N–H and O–H groups in total. The van der Waals surface area contributed by atoms with Crippen LogP contribution in [0.25, 0.3) is 60.9 Å². The third-order valence-electron chi connectivity index (χ3n) is 8.68. The number of aryl methyl sites for hydroxylation is 1. The Balaban J connectivity index is 1.19. The summed E-state index contributed by atoms with van der Waals surface area (Å²) < 4.78 is 2.34. The number of aromatic nitrogens is 4. The van der Waals surface area contributed by atoms with Crippen molar-refractivity contribution in [3.63, 3.8) is 0 Å². The third-order valence-corrected chi connectivity index (χ3v) is 8.68. The Morgan fingerprint density at radius 1 is 0.568 bits per heavy atom. The van der Waals surface area contributed by atoms with Crippen LogP contribution in [0.2, 0.25) is 0 Å². The van der Waals surface area contributed by atoms with Crippen molar-refractivity contribution in [2.45, 2.75) is 13.3 Å². The summed E-state index contributed by atoms with van der Waals surface area (Å²) in [4.78, 5) is 17.2. The quantitative estimate of drug-likeness (QED) is 0.199. The van der Waals surface area contributed by atoms with E-state index in [9.17, 15) is 0 Å². The number of nitrogens with zero attached hydrogens (tertiary/aromatic N) is 5. The summed E-state index contributed by atoms with van der Waals surface area (Å²) in [5.41, 5.74) is 12.9. The Kier molecular flexibility index (Phi) is 5.41. The van der Waals surface area contributed by atoms with Crippen LogP contribution in [0.5, 0.6) is 0 Å². The maximum Gasteiger partial charge on any atom is 0.114 e. The van der Waals surface area contributed by atoms with Crippen molar-refractivity contribution >= 4 is 49.9 Å². The molecule has 5 heteroatoms. The van der Waals surface area contributed by atoms with Crippen LogP contribution in [-0.2, 0) is 6.42 Å². The molecular weight excluding hydrogens is 538 g/mol. The van der Waals surface area contributed by atoms with Gasteiger partial charge in [-0.3, -0.25) is 9.55 Å². The zero-order chi connectivity index (χ0) is 29.2. The SMILES string of the molecule is CCc1nc2cc(-c3ccc(-c4ccc5ccc6cccnc6c5n4)cc3)cc3c2n1-c1ccccc1N3c1ccccc1. The van der Waals surface area contributed by atoms with Crippen molar-refractivity contribution < 1.29 is 0 Å². The van der Waals surface area contributed by atoms with E-state index in [0.717, 1.165) is 90.2 Å². The molecule has 0 radical (unpaired) electrons. The Labute approximate surface area is 254 Å². The van der Waals surface area contributed by atoms with Crippen LogP contribution in [0.15, 0.2) is 134 Å². The number of imidazole rings is 1. The van der Waals surface area contributed by atoms with Crippen LogP contribution in [-0.4, -0.2) is 19.5 Å². The summed E-state index contributed by atoms with van der Waals surface area (Å²) in [6.07, 6.45) is 2.68. The molecule has 3 aromatic heterocycles. The molecule has 0 atom stereocenters. The monoisotopic (exact) mass is 565 g/mol. The number of benzene rings is 5. The van der Waals surface area contributed by atoms with Crippen LogP contribution in [0, 0.1) is 0 Å². The fourth-order valence-electron chi connectivity index (χ4n) is 6.62. The summed E-state index contributed by atoms with van der Waals surface area (Å²) in [6.45, 7) is 2.18. The molecule has 5 aromatic carbocycles. The van der Waals surface area contributed by atoms with Gasteiger partial charge in [0.25, 0.3) is 0 Å². The van der Waals surface area contributed by atoms with Crippen LogP contribution in [0.4, 0.5) is 17.1 Å². The lowest BCUT2D eigenvalue weighted by molar-refractivity contribution is 0.900. The van der Waals surface area contributed by atoms with E-state index >= 15 is 0 Å². The first-order valence-corrected chi connectivity index (χ1v) is 15.0. The van der Waals surface area contributed by atoms with Gasteiger partial charge in [0.1, 0.15) is 5.82 Å². The topological polar surface area (TPSA) is 46.8 Å². The first-order chi connectivity index (χ1) is 21.8. The lowest BCUT2D eigenvalue weighted by atomic mass is 9.99. The van der Waals surface area contributed by atoms with Gasteiger partial charge in [0.05, 0.1) is 44.8 Å². The average molecular weight is 566 g/mol. The second-order valence-electron chi connectivity index (χ2n) is 11.2.